The van der Waals surface area contributed by atoms with Gasteiger partial charge in [0.25, 0.3) is 0 Å². The van der Waals surface area contributed by atoms with Gasteiger partial charge in [0, 0.05) is 25.7 Å². The summed E-state index contributed by atoms with van der Waals surface area (Å²) in [4.78, 5) is 6.51. The van der Waals surface area contributed by atoms with Gasteiger partial charge in [-0.05, 0) is 24.1 Å². The molecular formula is C11H15ClN2O. The van der Waals surface area contributed by atoms with Crippen molar-refractivity contribution in [2.75, 3.05) is 25.2 Å². The monoisotopic (exact) mass is 226 g/mol. The van der Waals surface area contributed by atoms with Gasteiger partial charge in [0.15, 0.2) is 0 Å². The molecule has 0 amide bonds. The van der Waals surface area contributed by atoms with Crippen LogP contribution < -0.4 is 4.90 Å². The van der Waals surface area contributed by atoms with Gasteiger partial charge in [-0.2, -0.15) is 0 Å². The minimum absolute atomic E-state index is 0.447. The van der Waals surface area contributed by atoms with E-state index in [9.17, 15) is 0 Å². The number of aromatic nitrogens is 1. The standard InChI is InChI=1S/C11H15ClN2O/c1-14(10-3-5-15-8-10)11-6-9(7-12)2-4-13-11/h2,4,6,10H,3,5,7-8H2,1H3. The number of anilines is 1. The predicted molar refractivity (Wildman–Crippen MR) is 61.4 cm³/mol. The molecule has 3 nitrogen and oxygen atoms in total. The van der Waals surface area contributed by atoms with Gasteiger partial charge in [0.1, 0.15) is 5.82 Å². The van der Waals surface area contributed by atoms with Crippen LogP contribution >= 0.6 is 11.6 Å². The van der Waals surface area contributed by atoms with Crippen molar-refractivity contribution in [3.63, 3.8) is 0 Å². The molecule has 1 fully saturated rings. The highest BCUT2D eigenvalue weighted by Gasteiger charge is 2.21. The van der Waals surface area contributed by atoms with Gasteiger partial charge in [-0.15, -0.1) is 11.6 Å². The first-order chi connectivity index (χ1) is 7.31. The van der Waals surface area contributed by atoms with Crippen LogP contribution in [-0.2, 0) is 10.6 Å². The van der Waals surface area contributed by atoms with E-state index in [1.807, 2.05) is 12.1 Å². The predicted octanol–water partition coefficient (Wildman–Crippen LogP) is 2.05. The van der Waals surface area contributed by atoms with Crippen LogP contribution in [0.2, 0.25) is 0 Å². The Hall–Kier alpha value is -0.800. The molecule has 0 aliphatic carbocycles. The molecule has 0 radical (unpaired) electrons. The molecule has 82 valence electrons. The minimum Gasteiger partial charge on any atom is -0.379 e. The van der Waals surface area contributed by atoms with Crippen LogP contribution in [0.4, 0.5) is 5.82 Å². The van der Waals surface area contributed by atoms with Gasteiger partial charge in [-0.1, -0.05) is 0 Å². The Balaban J connectivity index is 2.13. The molecule has 1 unspecified atom stereocenters. The molecule has 0 spiro atoms. The molecule has 1 aromatic heterocycles. The lowest BCUT2D eigenvalue weighted by molar-refractivity contribution is 0.193. The number of rotatable bonds is 3. The highest BCUT2D eigenvalue weighted by atomic mass is 35.5. The Labute approximate surface area is 95.0 Å². The maximum absolute atomic E-state index is 5.79. The average Bonchev–Trinajstić information content (AvgIpc) is 2.81. The number of halogens is 1. The van der Waals surface area contributed by atoms with Crippen molar-refractivity contribution in [2.24, 2.45) is 0 Å². The molecule has 1 aliphatic rings. The number of alkyl halides is 1. The number of ether oxygens (including phenoxy) is 1. The molecule has 0 saturated carbocycles. The second kappa shape index (κ2) is 4.81. The first kappa shape index (κ1) is 10.7. The van der Waals surface area contributed by atoms with Crippen LogP contribution in [0.3, 0.4) is 0 Å². The quantitative estimate of drug-likeness (QED) is 0.738. The van der Waals surface area contributed by atoms with Crippen LogP contribution in [0.1, 0.15) is 12.0 Å². The van der Waals surface area contributed by atoms with E-state index in [0.29, 0.717) is 11.9 Å². The Morgan fingerprint density at radius 3 is 3.20 bits per heavy atom. The van der Waals surface area contributed by atoms with Crippen LogP contribution in [0, 0.1) is 0 Å². The second-order valence-electron chi connectivity index (χ2n) is 3.78. The van der Waals surface area contributed by atoms with Gasteiger partial charge in [-0.3, -0.25) is 0 Å². The molecule has 0 aromatic carbocycles. The Morgan fingerprint density at radius 1 is 1.67 bits per heavy atom. The van der Waals surface area contributed by atoms with E-state index in [2.05, 4.69) is 16.9 Å². The summed E-state index contributed by atoms with van der Waals surface area (Å²) in [6.07, 6.45) is 2.88. The number of pyridine rings is 1. The van der Waals surface area contributed by atoms with Gasteiger partial charge in [-0.25, -0.2) is 4.98 Å². The third-order valence-electron chi connectivity index (χ3n) is 2.78. The zero-order valence-electron chi connectivity index (χ0n) is 8.82. The maximum atomic E-state index is 5.79. The third kappa shape index (κ3) is 2.41. The summed E-state index contributed by atoms with van der Waals surface area (Å²) in [6, 6.07) is 4.42. The van der Waals surface area contributed by atoms with Crippen LogP contribution in [-0.4, -0.2) is 31.3 Å². The number of hydrogen-bond acceptors (Lipinski definition) is 3. The fraction of sp³-hybridized carbons (Fsp3) is 0.545. The van der Waals surface area contributed by atoms with Gasteiger partial charge < -0.3 is 9.64 Å². The summed E-state index contributed by atoms with van der Waals surface area (Å²) in [5, 5.41) is 0. The maximum Gasteiger partial charge on any atom is 0.128 e. The summed E-state index contributed by atoms with van der Waals surface area (Å²) in [6.45, 7) is 1.65. The van der Waals surface area contributed by atoms with Crippen molar-refractivity contribution in [2.45, 2.75) is 18.3 Å². The van der Waals surface area contributed by atoms with Gasteiger partial charge in [0.05, 0.1) is 12.6 Å². The average molecular weight is 227 g/mol. The van der Waals surface area contributed by atoms with Crippen molar-refractivity contribution in [3.8, 4) is 0 Å². The van der Waals surface area contributed by atoms with E-state index >= 15 is 0 Å². The first-order valence-electron chi connectivity index (χ1n) is 5.12. The molecule has 15 heavy (non-hydrogen) atoms. The lowest BCUT2D eigenvalue weighted by Crippen LogP contribution is -2.32. The van der Waals surface area contributed by atoms with E-state index < -0.39 is 0 Å². The van der Waals surface area contributed by atoms with E-state index in [1.165, 1.54) is 0 Å². The zero-order chi connectivity index (χ0) is 10.7. The normalized spacial score (nSPS) is 20.5. The summed E-state index contributed by atoms with van der Waals surface area (Å²) in [5.74, 6) is 1.51. The lowest BCUT2D eigenvalue weighted by atomic mass is 10.2. The fourth-order valence-electron chi connectivity index (χ4n) is 1.75. The van der Waals surface area contributed by atoms with Crippen molar-refractivity contribution < 1.29 is 4.74 Å². The minimum atomic E-state index is 0.447. The first-order valence-corrected chi connectivity index (χ1v) is 5.66. The lowest BCUT2D eigenvalue weighted by Gasteiger charge is -2.24. The molecule has 4 heteroatoms. The van der Waals surface area contributed by atoms with Crippen LogP contribution in [0.15, 0.2) is 18.3 Å². The SMILES string of the molecule is CN(c1cc(CCl)ccn1)C1CCOC1. The van der Waals surface area contributed by atoms with E-state index in [0.717, 1.165) is 31.0 Å². The molecule has 0 N–H and O–H groups in total. The number of likely N-dealkylation sites (N-methyl/N-ethyl adjacent to an activating group) is 1. The molecule has 1 aliphatic heterocycles. The van der Waals surface area contributed by atoms with Crippen molar-refractivity contribution in [1.82, 2.24) is 4.98 Å². The molecular weight excluding hydrogens is 212 g/mol. The van der Waals surface area contributed by atoms with E-state index in [4.69, 9.17) is 16.3 Å². The van der Waals surface area contributed by atoms with Gasteiger partial charge >= 0.3 is 0 Å². The summed E-state index contributed by atoms with van der Waals surface area (Å²) in [7, 11) is 2.06. The highest BCUT2D eigenvalue weighted by Crippen LogP contribution is 2.19. The van der Waals surface area contributed by atoms with Crippen molar-refractivity contribution >= 4 is 17.4 Å². The smallest absolute Gasteiger partial charge is 0.128 e. The Morgan fingerprint density at radius 2 is 2.53 bits per heavy atom. The number of hydrogen-bond donors (Lipinski definition) is 0. The van der Waals surface area contributed by atoms with Crippen LogP contribution in [0.5, 0.6) is 0 Å². The molecule has 0 bridgehead atoms. The highest BCUT2D eigenvalue weighted by molar-refractivity contribution is 6.17. The largest absolute Gasteiger partial charge is 0.379 e. The Kier molecular flexibility index (Phi) is 3.44. The fourth-order valence-corrected chi connectivity index (χ4v) is 1.92. The van der Waals surface area contributed by atoms with Gasteiger partial charge in [0.2, 0.25) is 0 Å². The summed E-state index contributed by atoms with van der Waals surface area (Å²) in [5.41, 5.74) is 1.10. The topological polar surface area (TPSA) is 25.4 Å². The molecule has 2 heterocycles. The van der Waals surface area contributed by atoms with E-state index in [-0.39, 0.29) is 0 Å². The summed E-state index contributed by atoms with van der Waals surface area (Å²) < 4.78 is 5.36. The molecule has 2 rings (SSSR count). The zero-order valence-corrected chi connectivity index (χ0v) is 9.57. The second-order valence-corrected chi connectivity index (χ2v) is 4.05. The molecule has 1 aromatic rings. The van der Waals surface area contributed by atoms with Crippen LogP contribution in [0.25, 0.3) is 0 Å². The molecule has 1 saturated heterocycles. The molecule has 1 atom stereocenters. The van der Waals surface area contributed by atoms with E-state index in [1.54, 1.807) is 6.20 Å². The Bertz CT molecular complexity index is 326. The number of nitrogens with zero attached hydrogens (tertiary/aromatic N) is 2. The van der Waals surface area contributed by atoms with Crippen molar-refractivity contribution in [1.29, 1.82) is 0 Å². The summed E-state index contributed by atoms with van der Waals surface area (Å²) >= 11 is 5.79. The van der Waals surface area contributed by atoms with Crippen molar-refractivity contribution in [3.05, 3.63) is 23.9 Å². The third-order valence-corrected chi connectivity index (χ3v) is 3.09.